The third-order valence-electron chi connectivity index (χ3n) is 2.73. The fourth-order valence-corrected chi connectivity index (χ4v) is 1.42. The summed E-state index contributed by atoms with van der Waals surface area (Å²) in [6.45, 7) is 11.0. The second-order valence-corrected chi connectivity index (χ2v) is 4.51. The van der Waals surface area contributed by atoms with Gasteiger partial charge in [0.25, 0.3) is 0 Å². The van der Waals surface area contributed by atoms with Crippen molar-refractivity contribution in [3.05, 3.63) is 0 Å². The molecule has 0 aliphatic carbocycles. The number of hydrogen-bond acceptors (Lipinski definition) is 3. The van der Waals surface area contributed by atoms with Crippen LogP contribution in [0.25, 0.3) is 0 Å². The molecule has 1 aliphatic rings. The van der Waals surface area contributed by atoms with Gasteiger partial charge in [-0.2, -0.15) is 0 Å². The van der Waals surface area contributed by atoms with Gasteiger partial charge in [-0.05, 0) is 26.7 Å². The van der Waals surface area contributed by atoms with E-state index in [1.165, 1.54) is 0 Å². The lowest BCUT2D eigenvalue weighted by Gasteiger charge is -2.17. The van der Waals surface area contributed by atoms with Gasteiger partial charge in [0.15, 0.2) is 0 Å². The van der Waals surface area contributed by atoms with Crippen LogP contribution in [0.15, 0.2) is 0 Å². The maximum Gasteiger partial charge on any atom is 0.0932 e. The summed E-state index contributed by atoms with van der Waals surface area (Å²) >= 11 is 0. The van der Waals surface area contributed by atoms with Crippen LogP contribution < -0.4 is 5.32 Å². The molecule has 1 rings (SSSR count). The number of rotatable bonds is 3. The summed E-state index contributed by atoms with van der Waals surface area (Å²) < 4.78 is 11.3. The highest BCUT2D eigenvalue weighted by Gasteiger charge is 2.21. The van der Waals surface area contributed by atoms with Gasteiger partial charge >= 0.3 is 0 Å². The predicted octanol–water partition coefficient (Wildman–Crippen LogP) is 1.42. The van der Waals surface area contributed by atoms with Crippen molar-refractivity contribution >= 4 is 0 Å². The largest absolute Gasteiger partial charge is 0.376 e. The van der Waals surface area contributed by atoms with Crippen molar-refractivity contribution in [2.24, 2.45) is 5.92 Å². The first-order chi connectivity index (χ1) is 6.59. The molecule has 0 bridgehead atoms. The van der Waals surface area contributed by atoms with Crippen molar-refractivity contribution in [1.29, 1.82) is 0 Å². The molecule has 3 heteroatoms. The minimum absolute atomic E-state index is 0.213. The third kappa shape index (κ3) is 3.95. The molecule has 1 aliphatic heterocycles. The van der Waals surface area contributed by atoms with Crippen LogP contribution >= 0.6 is 0 Å². The Bertz CT molecular complexity index is 147. The van der Waals surface area contributed by atoms with Gasteiger partial charge in [0, 0.05) is 12.6 Å². The first-order valence-electron chi connectivity index (χ1n) is 5.56. The highest BCUT2D eigenvalue weighted by molar-refractivity contribution is 4.75. The summed E-state index contributed by atoms with van der Waals surface area (Å²) in [5.74, 6) is 0.582. The topological polar surface area (TPSA) is 30.5 Å². The van der Waals surface area contributed by atoms with E-state index in [0.29, 0.717) is 18.6 Å². The monoisotopic (exact) mass is 201 g/mol. The van der Waals surface area contributed by atoms with Gasteiger partial charge in [0.05, 0.1) is 25.4 Å². The average Bonchev–Trinajstić information content (AvgIpc) is 2.28. The molecule has 84 valence electrons. The zero-order chi connectivity index (χ0) is 10.6. The Morgan fingerprint density at radius 1 is 1.43 bits per heavy atom. The first kappa shape index (κ1) is 12.0. The zero-order valence-corrected chi connectivity index (χ0v) is 9.75. The van der Waals surface area contributed by atoms with Crippen LogP contribution in [0.2, 0.25) is 0 Å². The maximum absolute atomic E-state index is 5.75. The number of ether oxygens (including phenoxy) is 2. The van der Waals surface area contributed by atoms with Gasteiger partial charge in [0.2, 0.25) is 0 Å². The van der Waals surface area contributed by atoms with Gasteiger partial charge < -0.3 is 14.8 Å². The van der Waals surface area contributed by atoms with E-state index in [9.17, 15) is 0 Å². The van der Waals surface area contributed by atoms with Crippen LogP contribution in [-0.4, -0.2) is 38.0 Å². The van der Waals surface area contributed by atoms with Crippen LogP contribution in [-0.2, 0) is 9.47 Å². The van der Waals surface area contributed by atoms with Crippen molar-refractivity contribution in [1.82, 2.24) is 5.32 Å². The molecule has 0 amide bonds. The summed E-state index contributed by atoms with van der Waals surface area (Å²) in [4.78, 5) is 0. The van der Waals surface area contributed by atoms with Gasteiger partial charge in [-0.1, -0.05) is 6.92 Å². The van der Waals surface area contributed by atoms with E-state index in [-0.39, 0.29) is 12.2 Å². The fourth-order valence-electron chi connectivity index (χ4n) is 1.42. The zero-order valence-electron chi connectivity index (χ0n) is 9.75. The van der Waals surface area contributed by atoms with E-state index in [4.69, 9.17) is 9.47 Å². The van der Waals surface area contributed by atoms with Crippen LogP contribution in [0.1, 0.15) is 27.7 Å². The van der Waals surface area contributed by atoms with Crippen molar-refractivity contribution in [2.75, 3.05) is 19.8 Å². The molecule has 1 fully saturated rings. The van der Waals surface area contributed by atoms with Crippen LogP contribution in [0.5, 0.6) is 0 Å². The molecule has 3 unspecified atom stereocenters. The molecule has 3 nitrogen and oxygen atoms in total. The minimum atomic E-state index is 0.213. The molecular weight excluding hydrogens is 178 g/mol. The summed E-state index contributed by atoms with van der Waals surface area (Å²) in [5, 5.41) is 3.46. The van der Waals surface area contributed by atoms with E-state index >= 15 is 0 Å². The van der Waals surface area contributed by atoms with Gasteiger partial charge in [-0.15, -0.1) is 0 Å². The third-order valence-corrected chi connectivity index (χ3v) is 2.73. The van der Waals surface area contributed by atoms with E-state index in [1.807, 2.05) is 0 Å². The van der Waals surface area contributed by atoms with Gasteiger partial charge in [-0.25, -0.2) is 0 Å². The highest BCUT2D eigenvalue weighted by Crippen LogP contribution is 2.10. The normalized spacial score (nSPS) is 34.5. The molecule has 0 aromatic rings. The Labute approximate surface area is 87.2 Å². The van der Waals surface area contributed by atoms with Crippen molar-refractivity contribution in [2.45, 2.75) is 45.9 Å². The molecule has 0 aromatic carbocycles. The lowest BCUT2D eigenvalue weighted by molar-refractivity contribution is -0.0330. The smallest absolute Gasteiger partial charge is 0.0932 e. The van der Waals surface area contributed by atoms with Crippen LogP contribution in [0, 0.1) is 5.92 Å². The quantitative estimate of drug-likeness (QED) is 0.749. The molecule has 0 radical (unpaired) electrons. The first-order valence-corrected chi connectivity index (χ1v) is 5.56. The Balaban J connectivity index is 2.27. The Morgan fingerprint density at radius 2 is 2.14 bits per heavy atom. The highest BCUT2D eigenvalue weighted by atomic mass is 16.5. The SMILES string of the molecule is CC(C)OCC1CNC(C)C(C)CO1. The van der Waals surface area contributed by atoms with Crippen LogP contribution in [0.4, 0.5) is 0 Å². The second kappa shape index (κ2) is 5.69. The molecule has 14 heavy (non-hydrogen) atoms. The lowest BCUT2D eigenvalue weighted by atomic mass is 10.1. The summed E-state index contributed by atoms with van der Waals surface area (Å²) in [6.07, 6.45) is 0.501. The van der Waals surface area contributed by atoms with Crippen molar-refractivity contribution < 1.29 is 9.47 Å². The molecule has 0 saturated carbocycles. The predicted molar refractivity (Wildman–Crippen MR) is 57.5 cm³/mol. The van der Waals surface area contributed by atoms with Crippen molar-refractivity contribution in [3.8, 4) is 0 Å². The number of nitrogens with one attached hydrogen (secondary N) is 1. The van der Waals surface area contributed by atoms with Gasteiger partial charge in [-0.3, -0.25) is 0 Å². The van der Waals surface area contributed by atoms with E-state index in [0.717, 1.165) is 13.2 Å². The Morgan fingerprint density at radius 3 is 2.79 bits per heavy atom. The molecule has 3 atom stereocenters. The summed E-state index contributed by atoms with van der Waals surface area (Å²) in [6, 6.07) is 0.541. The summed E-state index contributed by atoms with van der Waals surface area (Å²) in [5.41, 5.74) is 0. The fraction of sp³-hybridized carbons (Fsp3) is 1.00. The minimum Gasteiger partial charge on any atom is -0.376 e. The van der Waals surface area contributed by atoms with E-state index < -0.39 is 0 Å². The van der Waals surface area contributed by atoms with E-state index in [1.54, 1.807) is 0 Å². The van der Waals surface area contributed by atoms with Crippen molar-refractivity contribution in [3.63, 3.8) is 0 Å². The standard InChI is InChI=1S/C11H23NO2/c1-8(2)13-7-11-5-12-10(4)9(3)6-14-11/h8-12H,5-7H2,1-4H3. The molecule has 0 spiro atoms. The Kier molecular flexibility index (Phi) is 4.85. The molecule has 0 aromatic heterocycles. The molecule has 1 saturated heterocycles. The second-order valence-electron chi connectivity index (χ2n) is 4.51. The molecular formula is C11H23NO2. The maximum atomic E-state index is 5.75. The van der Waals surface area contributed by atoms with E-state index in [2.05, 4.69) is 33.0 Å². The molecule has 1 N–H and O–H groups in total. The average molecular weight is 201 g/mol. The van der Waals surface area contributed by atoms with Crippen LogP contribution in [0.3, 0.4) is 0 Å². The summed E-state index contributed by atoms with van der Waals surface area (Å²) in [7, 11) is 0. The lowest BCUT2D eigenvalue weighted by Crippen LogP contribution is -2.35. The Hall–Kier alpha value is -0.120. The number of hydrogen-bond donors (Lipinski definition) is 1. The molecule has 1 heterocycles. The van der Waals surface area contributed by atoms with Gasteiger partial charge in [0.1, 0.15) is 0 Å².